The molecule has 1 N–H and O–H groups in total. The Kier molecular flexibility index (Phi) is 4.22. The van der Waals surface area contributed by atoms with Gasteiger partial charge in [-0.1, -0.05) is 25.3 Å². The van der Waals surface area contributed by atoms with Crippen molar-refractivity contribution in [1.82, 2.24) is 9.97 Å². The maximum atomic E-state index is 12.5. The van der Waals surface area contributed by atoms with E-state index in [0.29, 0.717) is 17.1 Å². The lowest BCUT2D eigenvalue weighted by molar-refractivity contribution is -0.120. The highest BCUT2D eigenvalue weighted by atomic mass is 16.3. The molecule has 4 rings (SSSR count). The van der Waals surface area contributed by atoms with Gasteiger partial charge in [-0.05, 0) is 49.6 Å². The average Bonchev–Trinajstić information content (AvgIpc) is 3.08. The standard InChI is InChI=1S/C20H21N3O2/c1-13-15(20-23-18-17(25-20)11-6-12-21-18)9-5-10-16(13)22-19(24)14-7-3-2-4-8-14/h5-6,9-12,14H,2-4,7-8H2,1H3,(H,22,24). The van der Waals surface area contributed by atoms with E-state index in [1.165, 1.54) is 6.42 Å². The maximum Gasteiger partial charge on any atom is 0.229 e. The molecule has 0 radical (unpaired) electrons. The number of nitrogens with zero attached hydrogens (tertiary/aromatic N) is 2. The average molecular weight is 335 g/mol. The molecule has 1 aliphatic carbocycles. The number of hydrogen-bond donors (Lipinski definition) is 1. The van der Waals surface area contributed by atoms with Gasteiger partial charge in [-0.3, -0.25) is 4.79 Å². The van der Waals surface area contributed by atoms with Crippen molar-refractivity contribution in [3.63, 3.8) is 0 Å². The van der Waals surface area contributed by atoms with Crippen molar-refractivity contribution in [3.8, 4) is 11.5 Å². The fraction of sp³-hybridized carbons (Fsp3) is 0.350. The van der Waals surface area contributed by atoms with E-state index in [1.54, 1.807) is 6.20 Å². The van der Waals surface area contributed by atoms with Gasteiger partial charge in [0.05, 0.1) is 0 Å². The molecular formula is C20H21N3O2. The molecule has 1 aliphatic rings. The van der Waals surface area contributed by atoms with Crippen LogP contribution < -0.4 is 5.32 Å². The fourth-order valence-electron chi connectivity index (χ4n) is 3.49. The second kappa shape index (κ2) is 6.67. The molecule has 0 spiro atoms. The lowest BCUT2D eigenvalue weighted by Crippen LogP contribution is -2.25. The smallest absolute Gasteiger partial charge is 0.229 e. The number of oxazole rings is 1. The van der Waals surface area contributed by atoms with E-state index < -0.39 is 0 Å². The van der Waals surface area contributed by atoms with Crippen LogP contribution in [0, 0.1) is 12.8 Å². The number of rotatable bonds is 3. The van der Waals surface area contributed by atoms with E-state index in [4.69, 9.17) is 4.42 Å². The normalized spacial score (nSPS) is 15.4. The van der Waals surface area contributed by atoms with Gasteiger partial charge >= 0.3 is 0 Å². The second-order valence-electron chi connectivity index (χ2n) is 6.65. The summed E-state index contributed by atoms with van der Waals surface area (Å²) in [6, 6.07) is 9.48. The number of hydrogen-bond acceptors (Lipinski definition) is 4. The molecule has 0 unspecified atom stereocenters. The number of carbonyl (C=O) groups is 1. The molecule has 5 nitrogen and oxygen atoms in total. The van der Waals surface area contributed by atoms with Crippen LogP contribution in [0.25, 0.3) is 22.7 Å². The van der Waals surface area contributed by atoms with Gasteiger partial charge in [0.15, 0.2) is 11.2 Å². The van der Waals surface area contributed by atoms with Gasteiger partial charge < -0.3 is 9.73 Å². The number of anilines is 1. The number of pyridine rings is 1. The van der Waals surface area contributed by atoms with Crippen LogP contribution in [0.5, 0.6) is 0 Å². The van der Waals surface area contributed by atoms with E-state index in [0.717, 1.165) is 42.5 Å². The quantitative estimate of drug-likeness (QED) is 0.752. The molecule has 0 saturated heterocycles. The lowest BCUT2D eigenvalue weighted by Gasteiger charge is -2.21. The van der Waals surface area contributed by atoms with E-state index in [2.05, 4.69) is 15.3 Å². The first kappa shape index (κ1) is 15.8. The summed E-state index contributed by atoms with van der Waals surface area (Å²) < 4.78 is 5.82. The molecular weight excluding hydrogens is 314 g/mol. The van der Waals surface area contributed by atoms with Crippen molar-refractivity contribution in [2.24, 2.45) is 5.92 Å². The van der Waals surface area contributed by atoms with Crippen LogP contribution in [-0.2, 0) is 4.79 Å². The van der Waals surface area contributed by atoms with Gasteiger partial charge in [0.2, 0.25) is 11.8 Å². The summed E-state index contributed by atoms with van der Waals surface area (Å²) in [6.45, 7) is 1.98. The Labute approximate surface area is 146 Å². The number of amides is 1. The summed E-state index contributed by atoms with van der Waals surface area (Å²) in [5, 5.41) is 3.10. The van der Waals surface area contributed by atoms with Crippen LogP contribution in [0.2, 0.25) is 0 Å². The molecule has 0 atom stereocenters. The first-order valence-corrected chi connectivity index (χ1v) is 8.85. The summed E-state index contributed by atoms with van der Waals surface area (Å²) in [6.07, 6.45) is 7.20. The summed E-state index contributed by atoms with van der Waals surface area (Å²) in [5.74, 6) is 0.782. The Bertz CT molecular complexity index is 877. The van der Waals surface area contributed by atoms with Crippen molar-refractivity contribution < 1.29 is 9.21 Å². The summed E-state index contributed by atoms with van der Waals surface area (Å²) in [4.78, 5) is 21.2. The Balaban J connectivity index is 1.62. The zero-order chi connectivity index (χ0) is 17.2. The molecule has 5 heteroatoms. The highest BCUT2D eigenvalue weighted by Gasteiger charge is 2.22. The van der Waals surface area contributed by atoms with Gasteiger partial charge in [0, 0.05) is 23.4 Å². The van der Waals surface area contributed by atoms with E-state index >= 15 is 0 Å². The molecule has 1 amide bonds. The minimum absolute atomic E-state index is 0.124. The van der Waals surface area contributed by atoms with E-state index in [-0.39, 0.29) is 11.8 Å². The minimum atomic E-state index is 0.124. The summed E-state index contributed by atoms with van der Waals surface area (Å²) in [5.41, 5.74) is 3.91. The Morgan fingerprint density at radius 3 is 2.80 bits per heavy atom. The van der Waals surface area contributed by atoms with E-state index in [1.807, 2.05) is 37.3 Å². The summed E-state index contributed by atoms with van der Waals surface area (Å²) >= 11 is 0. The van der Waals surface area contributed by atoms with Gasteiger partial charge in [-0.15, -0.1) is 0 Å². The lowest BCUT2D eigenvalue weighted by atomic mass is 9.88. The molecule has 1 fully saturated rings. The largest absolute Gasteiger partial charge is 0.434 e. The van der Waals surface area contributed by atoms with Crippen molar-refractivity contribution in [1.29, 1.82) is 0 Å². The third-order valence-corrected chi connectivity index (χ3v) is 4.96. The Morgan fingerprint density at radius 1 is 1.16 bits per heavy atom. The molecule has 0 bridgehead atoms. The predicted octanol–water partition coefficient (Wildman–Crippen LogP) is 4.72. The number of fused-ring (bicyclic) bond motifs is 1. The van der Waals surface area contributed by atoms with Crippen molar-refractivity contribution >= 4 is 22.8 Å². The molecule has 2 heterocycles. The molecule has 1 aromatic carbocycles. The number of carbonyl (C=O) groups excluding carboxylic acids is 1. The highest BCUT2D eigenvalue weighted by Crippen LogP contribution is 2.31. The second-order valence-corrected chi connectivity index (χ2v) is 6.65. The van der Waals surface area contributed by atoms with E-state index in [9.17, 15) is 4.79 Å². The van der Waals surface area contributed by atoms with Crippen molar-refractivity contribution in [2.45, 2.75) is 39.0 Å². The van der Waals surface area contributed by atoms with Gasteiger partial charge in [0.1, 0.15) is 0 Å². The molecule has 25 heavy (non-hydrogen) atoms. The fourth-order valence-corrected chi connectivity index (χ4v) is 3.49. The first-order chi connectivity index (χ1) is 12.2. The highest BCUT2D eigenvalue weighted by molar-refractivity contribution is 5.94. The molecule has 2 aromatic heterocycles. The Hall–Kier alpha value is -2.69. The predicted molar refractivity (Wildman–Crippen MR) is 97.2 cm³/mol. The molecule has 0 aliphatic heterocycles. The van der Waals surface area contributed by atoms with Crippen LogP contribution >= 0.6 is 0 Å². The van der Waals surface area contributed by atoms with Gasteiger partial charge in [-0.25, -0.2) is 4.98 Å². The Morgan fingerprint density at radius 2 is 2.00 bits per heavy atom. The monoisotopic (exact) mass is 335 g/mol. The van der Waals surface area contributed by atoms with Gasteiger partial charge in [0.25, 0.3) is 0 Å². The molecule has 128 valence electrons. The molecule has 3 aromatic rings. The van der Waals surface area contributed by atoms with Crippen molar-refractivity contribution in [3.05, 3.63) is 42.1 Å². The van der Waals surface area contributed by atoms with Crippen LogP contribution in [0.1, 0.15) is 37.7 Å². The van der Waals surface area contributed by atoms with Crippen LogP contribution in [0.4, 0.5) is 5.69 Å². The van der Waals surface area contributed by atoms with Crippen LogP contribution in [0.15, 0.2) is 40.9 Å². The summed E-state index contributed by atoms with van der Waals surface area (Å²) in [7, 11) is 0. The van der Waals surface area contributed by atoms with Gasteiger partial charge in [-0.2, -0.15) is 4.98 Å². The minimum Gasteiger partial charge on any atom is -0.434 e. The maximum absolute atomic E-state index is 12.5. The zero-order valence-corrected chi connectivity index (χ0v) is 14.3. The van der Waals surface area contributed by atoms with Crippen molar-refractivity contribution in [2.75, 3.05) is 5.32 Å². The van der Waals surface area contributed by atoms with Crippen LogP contribution in [-0.4, -0.2) is 15.9 Å². The topological polar surface area (TPSA) is 68.0 Å². The zero-order valence-electron chi connectivity index (χ0n) is 14.3. The third-order valence-electron chi connectivity index (χ3n) is 4.96. The number of aromatic nitrogens is 2. The number of benzene rings is 1. The third kappa shape index (κ3) is 3.14. The number of nitrogens with one attached hydrogen (secondary N) is 1. The first-order valence-electron chi connectivity index (χ1n) is 8.85. The SMILES string of the molecule is Cc1c(NC(=O)C2CCCCC2)cccc1-c1nc2ncccc2o1. The molecule has 1 saturated carbocycles. The van der Waals surface area contributed by atoms with Crippen LogP contribution in [0.3, 0.4) is 0 Å².